The number of methoxy groups -OCH3 is 1. The SMILES string of the molecule is COc1cccc2c1CCC1CNC(CCn3c(=O)[nH]c4c(C)cc(C)cc4c3=O)C21. The van der Waals surface area contributed by atoms with Crippen molar-refractivity contribution in [3.63, 3.8) is 0 Å². The quantitative estimate of drug-likeness (QED) is 0.682. The molecule has 2 aliphatic rings. The minimum Gasteiger partial charge on any atom is -0.496 e. The lowest BCUT2D eigenvalue weighted by molar-refractivity contribution is 0.371. The molecule has 31 heavy (non-hydrogen) atoms. The highest BCUT2D eigenvalue weighted by Gasteiger charge is 2.40. The van der Waals surface area contributed by atoms with Crippen molar-refractivity contribution in [3.05, 3.63) is 73.4 Å². The van der Waals surface area contributed by atoms with Crippen molar-refractivity contribution in [3.8, 4) is 5.75 Å². The maximum Gasteiger partial charge on any atom is 0.328 e. The van der Waals surface area contributed by atoms with Crippen LogP contribution in [0, 0.1) is 19.8 Å². The molecule has 5 rings (SSSR count). The molecule has 2 aromatic carbocycles. The third kappa shape index (κ3) is 3.30. The van der Waals surface area contributed by atoms with Crippen molar-refractivity contribution in [2.24, 2.45) is 5.92 Å². The van der Waals surface area contributed by atoms with Crippen molar-refractivity contribution in [1.29, 1.82) is 0 Å². The van der Waals surface area contributed by atoms with Crippen LogP contribution < -0.4 is 21.3 Å². The van der Waals surface area contributed by atoms with Crippen molar-refractivity contribution in [2.45, 2.75) is 51.6 Å². The molecule has 2 N–H and O–H groups in total. The van der Waals surface area contributed by atoms with E-state index in [4.69, 9.17) is 4.74 Å². The Kier molecular flexibility index (Phi) is 4.97. The maximum absolute atomic E-state index is 13.1. The number of H-pyrrole nitrogens is 1. The van der Waals surface area contributed by atoms with Crippen molar-refractivity contribution >= 4 is 10.9 Å². The molecule has 3 aromatic rings. The van der Waals surface area contributed by atoms with Gasteiger partial charge in [0, 0.05) is 18.5 Å². The van der Waals surface area contributed by atoms with E-state index in [1.807, 2.05) is 32.0 Å². The fourth-order valence-electron chi connectivity index (χ4n) is 5.79. The Bertz CT molecular complexity index is 1270. The van der Waals surface area contributed by atoms with E-state index in [0.29, 0.717) is 29.3 Å². The van der Waals surface area contributed by atoms with Crippen LogP contribution in [0.1, 0.15) is 41.0 Å². The van der Waals surface area contributed by atoms with Crippen LogP contribution in [0.5, 0.6) is 5.75 Å². The van der Waals surface area contributed by atoms with Gasteiger partial charge in [-0.15, -0.1) is 0 Å². The fourth-order valence-corrected chi connectivity index (χ4v) is 5.79. The van der Waals surface area contributed by atoms with E-state index < -0.39 is 0 Å². The number of fused-ring (bicyclic) bond motifs is 4. The molecule has 6 heteroatoms. The summed E-state index contributed by atoms with van der Waals surface area (Å²) in [5.41, 5.74) is 4.72. The number of aryl methyl sites for hydroxylation is 2. The van der Waals surface area contributed by atoms with Crippen LogP contribution in [0.25, 0.3) is 10.9 Å². The van der Waals surface area contributed by atoms with Crippen LogP contribution in [0.15, 0.2) is 39.9 Å². The minimum atomic E-state index is -0.329. The molecule has 6 nitrogen and oxygen atoms in total. The average molecular weight is 420 g/mol. The summed E-state index contributed by atoms with van der Waals surface area (Å²) in [5.74, 6) is 1.94. The minimum absolute atomic E-state index is 0.203. The average Bonchev–Trinajstić information content (AvgIpc) is 3.17. The highest BCUT2D eigenvalue weighted by molar-refractivity contribution is 5.81. The van der Waals surface area contributed by atoms with Gasteiger partial charge in [0.15, 0.2) is 0 Å². The zero-order valence-corrected chi connectivity index (χ0v) is 18.3. The normalized spacial score (nSPS) is 22.4. The van der Waals surface area contributed by atoms with E-state index in [1.165, 1.54) is 15.7 Å². The summed E-state index contributed by atoms with van der Waals surface area (Å²) in [5, 5.41) is 4.26. The summed E-state index contributed by atoms with van der Waals surface area (Å²) in [6.45, 7) is 5.27. The van der Waals surface area contributed by atoms with E-state index in [0.717, 1.165) is 42.7 Å². The first-order valence-electron chi connectivity index (χ1n) is 11.1. The summed E-state index contributed by atoms with van der Waals surface area (Å²) in [7, 11) is 1.73. The lowest BCUT2D eigenvalue weighted by Crippen LogP contribution is -2.38. The van der Waals surface area contributed by atoms with E-state index >= 15 is 0 Å². The van der Waals surface area contributed by atoms with E-state index in [1.54, 1.807) is 7.11 Å². The number of aromatic nitrogens is 2. The van der Waals surface area contributed by atoms with Gasteiger partial charge in [0.1, 0.15) is 5.75 Å². The summed E-state index contributed by atoms with van der Waals surface area (Å²) in [4.78, 5) is 28.8. The zero-order chi connectivity index (χ0) is 21.7. The molecule has 1 fully saturated rings. The topological polar surface area (TPSA) is 76.1 Å². The largest absolute Gasteiger partial charge is 0.496 e. The van der Waals surface area contributed by atoms with Gasteiger partial charge in [0.05, 0.1) is 18.0 Å². The molecular formula is C25H29N3O3. The standard InChI is InChI=1S/C25H29N3O3/c1-14-11-15(2)23-19(12-14)24(29)28(25(30)27-23)10-9-20-22-16(13-26-20)7-8-17-18(22)5-4-6-21(17)31-3/h4-6,11-12,16,20,22,26H,7-10,13H2,1-3H3,(H,27,30). The van der Waals surface area contributed by atoms with Crippen molar-refractivity contribution in [1.82, 2.24) is 14.9 Å². The van der Waals surface area contributed by atoms with Crippen LogP contribution >= 0.6 is 0 Å². The van der Waals surface area contributed by atoms with Gasteiger partial charge in [-0.3, -0.25) is 9.36 Å². The molecule has 1 aliphatic carbocycles. The first-order chi connectivity index (χ1) is 15.0. The second-order valence-corrected chi connectivity index (χ2v) is 9.05. The Hall–Kier alpha value is -2.86. The molecule has 1 saturated heterocycles. The lowest BCUT2D eigenvalue weighted by Gasteiger charge is -2.32. The molecule has 0 amide bonds. The Morgan fingerprint density at radius 2 is 2.03 bits per heavy atom. The number of hydrogen-bond acceptors (Lipinski definition) is 4. The Labute approximate surface area is 181 Å². The van der Waals surface area contributed by atoms with E-state index in [9.17, 15) is 9.59 Å². The smallest absolute Gasteiger partial charge is 0.328 e. The number of nitrogens with zero attached hydrogens (tertiary/aromatic N) is 1. The van der Waals surface area contributed by atoms with Gasteiger partial charge >= 0.3 is 5.69 Å². The number of aromatic amines is 1. The number of hydrogen-bond donors (Lipinski definition) is 2. The number of nitrogens with one attached hydrogen (secondary N) is 2. The summed E-state index contributed by atoms with van der Waals surface area (Å²) < 4.78 is 6.97. The first-order valence-corrected chi connectivity index (χ1v) is 11.1. The van der Waals surface area contributed by atoms with Gasteiger partial charge in [-0.1, -0.05) is 18.2 Å². The van der Waals surface area contributed by atoms with Crippen molar-refractivity contribution in [2.75, 3.05) is 13.7 Å². The fraction of sp³-hybridized carbons (Fsp3) is 0.440. The van der Waals surface area contributed by atoms with Crippen LogP contribution in [-0.4, -0.2) is 29.2 Å². The van der Waals surface area contributed by atoms with E-state index in [2.05, 4.69) is 22.4 Å². The van der Waals surface area contributed by atoms with Crippen LogP contribution in [0.4, 0.5) is 0 Å². The molecule has 0 spiro atoms. The predicted molar refractivity (Wildman–Crippen MR) is 122 cm³/mol. The zero-order valence-electron chi connectivity index (χ0n) is 18.3. The second-order valence-electron chi connectivity index (χ2n) is 9.05. The van der Waals surface area contributed by atoms with Gasteiger partial charge in [-0.25, -0.2) is 4.79 Å². The van der Waals surface area contributed by atoms with Gasteiger partial charge in [0.2, 0.25) is 0 Å². The van der Waals surface area contributed by atoms with Crippen molar-refractivity contribution < 1.29 is 4.74 Å². The lowest BCUT2D eigenvalue weighted by atomic mass is 9.73. The second kappa shape index (κ2) is 7.68. The Morgan fingerprint density at radius 1 is 1.19 bits per heavy atom. The highest BCUT2D eigenvalue weighted by Crippen LogP contribution is 2.45. The summed E-state index contributed by atoms with van der Waals surface area (Å²) in [6.07, 6.45) is 2.91. The Morgan fingerprint density at radius 3 is 2.84 bits per heavy atom. The molecule has 3 atom stereocenters. The predicted octanol–water partition coefficient (Wildman–Crippen LogP) is 3.02. The summed E-state index contributed by atoms with van der Waals surface area (Å²) in [6, 6.07) is 10.4. The molecule has 0 bridgehead atoms. The highest BCUT2D eigenvalue weighted by atomic mass is 16.5. The molecule has 3 unspecified atom stereocenters. The molecule has 1 aromatic heterocycles. The number of ether oxygens (including phenoxy) is 1. The molecule has 1 aliphatic heterocycles. The monoisotopic (exact) mass is 419 g/mol. The third-order valence-electron chi connectivity index (χ3n) is 7.19. The van der Waals surface area contributed by atoms with Gasteiger partial charge in [0.25, 0.3) is 5.56 Å². The summed E-state index contributed by atoms with van der Waals surface area (Å²) >= 11 is 0. The third-order valence-corrected chi connectivity index (χ3v) is 7.19. The van der Waals surface area contributed by atoms with Crippen LogP contribution in [-0.2, 0) is 13.0 Å². The number of benzene rings is 2. The van der Waals surface area contributed by atoms with Gasteiger partial charge in [-0.2, -0.15) is 0 Å². The number of rotatable bonds is 4. The Balaban J connectivity index is 1.46. The van der Waals surface area contributed by atoms with Gasteiger partial charge < -0.3 is 15.0 Å². The van der Waals surface area contributed by atoms with Gasteiger partial charge in [-0.05, 0) is 80.0 Å². The van der Waals surface area contributed by atoms with Crippen LogP contribution in [0.3, 0.4) is 0 Å². The molecule has 162 valence electrons. The van der Waals surface area contributed by atoms with E-state index in [-0.39, 0.29) is 17.3 Å². The van der Waals surface area contributed by atoms with Crippen LogP contribution in [0.2, 0.25) is 0 Å². The molecular weight excluding hydrogens is 390 g/mol. The first kappa shape index (κ1) is 20.1. The molecule has 0 radical (unpaired) electrons. The molecule has 2 heterocycles. The maximum atomic E-state index is 13.1. The molecule has 0 saturated carbocycles.